The normalized spacial score (nSPS) is 20.3. The molecule has 1 aliphatic rings. The van der Waals surface area contributed by atoms with Crippen LogP contribution in [0.2, 0.25) is 0 Å². The molecule has 9 heteroatoms. The summed E-state index contributed by atoms with van der Waals surface area (Å²) in [6.45, 7) is 5.19. The Morgan fingerprint density at radius 1 is 1.31 bits per heavy atom. The molecule has 3 aromatic heterocycles. The Morgan fingerprint density at radius 2 is 2.15 bits per heavy atom. The number of carbonyl (C=O) groups excluding carboxylic acids is 1. The summed E-state index contributed by atoms with van der Waals surface area (Å²) < 4.78 is 3.69. The average Bonchev–Trinajstić information content (AvgIpc) is 3.30. The van der Waals surface area contributed by atoms with E-state index >= 15 is 0 Å². The third-order valence-electron chi connectivity index (χ3n) is 4.97. The van der Waals surface area contributed by atoms with E-state index in [1.54, 1.807) is 10.7 Å². The van der Waals surface area contributed by atoms with Gasteiger partial charge in [-0.05, 0) is 26.0 Å². The van der Waals surface area contributed by atoms with E-state index in [9.17, 15) is 4.79 Å². The summed E-state index contributed by atoms with van der Waals surface area (Å²) in [6.07, 6.45) is 4.20. The van der Waals surface area contributed by atoms with E-state index in [2.05, 4.69) is 25.6 Å². The van der Waals surface area contributed by atoms with E-state index in [-0.39, 0.29) is 17.9 Å². The number of carbonyl (C=O) groups is 1. The molecule has 0 bridgehead atoms. The molecule has 0 spiro atoms. The molecule has 0 aromatic carbocycles. The molecule has 4 rings (SSSR count). The first-order chi connectivity index (χ1) is 12.6. The summed E-state index contributed by atoms with van der Waals surface area (Å²) in [7, 11) is 1.97. The molecule has 0 aliphatic carbocycles. The molecule has 1 amide bonds. The second-order valence-corrected chi connectivity index (χ2v) is 6.60. The third kappa shape index (κ3) is 2.69. The lowest BCUT2D eigenvalue weighted by molar-refractivity contribution is -0.128. The van der Waals surface area contributed by atoms with Crippen molar-refractivity contribution in [2.24, 2.45) is 13.0 Å². The summed E-state index contributed by atoms with van der Waals surface area (Å²) in [6, 6.07) is 3.73. The lowest BCUT2D eigenvalue weighted by Gasteiger charge is -2.27. The van der Waals surface area contributed by atoms with E-state index in [1.165, 1.54) is 0 Å². The maximum Gasteiger partial charge on any atom is 0.223 e. The average molecular weight is 354 g/mol. The summed E-state index contributed by atoms with van der Waals surface area (Å²) in [4.78, 5) is 18.9. The third-order valence-corrected chi connectivity index (χ3v) is 4.97. The van der Waals surface area contributed by atoms with Crippen molar-refractivity contribution < 1.29 is 4.79 Å². The number of aryl methyl sites for hydroxylation is 2. The fourth-order valence-electron chi connectivity index (χ4n) is 3.66. The van der Waals surface area contributed by atoms with Crippen LogP contribution in [0, 0.1) is 12.8 Å². The Bertz CT molecular complexity index is 945. The summed E-state index contributed by atoms with van der Waals surface area (Å²) in [5.74, 6) is 2.69. The predicted molar refractivity (Wildman–Crippen MR) is 95.5 cm³/mol. The van der Waals surface area contributed by atoms with Gasteiger partial charge in [0.05, 0.1) is 6.04 Å². The molecule has 1 saturated heterocycles. The van der Waals surface area contributed by atoms with Gasteiger partial charge in [0.15, 0.2) is 11.5 Å². The highest BCUT2D eigenvalue weighted by Crippen LogP contribution is 2.37. The van der Waals surface area contributed by atoms with Crippen LogP contribution in [0.3, 0.4) is 0 Å². The van der Waals surface area contributed by atoms with E-state index < -0.39 is 0 Å². The van der Waals surface area contributed by atoms with E-state index in [0.29, 0.717) is 25.2 Å². The second kappa shape index (κ2) is 6.40. The van der Waals surface area contributed by atoms with Crippen LogP contribution in [0.5, 0.6) is 0 Å². The van der Waals surface area contributed by atoms with Gasteiger partial charge in [0.2, 0.25) is 5.91 Å². The van der Waals surface area contributed by atoms with Crippen molar-refractivity contribution in [2.75, 3.05) is 18.4 Å². The minimum Gasteiger partial charge on any atom is -0.368 e. The minimum absolute atomic E-state index is 0.0274. The lowest BCUT2D eigenvalue weighted by Crippen LogP contribution is -2.32. The van der Waals surface area contributed by atoms with E-state index in [4.69, 9.17) is 0 Å². The molecule has 0 saturated carbocycles. The van der Waals surface area contributed by atoms with Gasteiger partial charge in [0.25, 0.3) is 0 Å². The number of rotatable bonds is 5. The van der Waals surface area contributed by atoms with Crippen LogP contribution in [0.25, 0.3) is 5.65 Å². The van der Waals surface area contributed by atoms with Crippen molar-refractivity contribution in [3.05, 3.63) is 36.2 Å². The molecule has 0 unspecified atom stereocenters. The standard InChI is InChI=1S/C17H22N8O/c1-4-24-15(26)9-12(16(24)17-18-7-8-23(17)3)10-19-13-5-6-14-21-20-11(2)25(14)22-13/h5-8,12,16H,4,9-10H2,1-3H3,(H,19,22)/t12-,16+/m0/s1. The van der Waals surface area contributed by atoms with Crippen LogP contribution in [0.15, 0.2) is 24.5 Å². The fraction of sp³-hybridized carbons (Fsp3) is 0.471. The highest BCUT2D eigenvalue weighted by molar-refractivity contribution is 5.79. The Labute approximate surface area is 151 Å². The molecular weight excluding hydrogens is 332 g/mol. The molecule has 4 heterocycles. The first-order valence-corrected chi connectivity index (χ1v) is 8.78. The van der Waals surface area contributed by atoms with Crippen molar-refractivity contribution in [3.8, 4) is 0 Å². The summed E-state index contributed by atoms with van der Waals surface area (Å²) in [5.41, 5.74) is 0.715. The summed E-state index contributed by atoms with van der Waals surface area (Å²) >= 11 is 0. The van der Waals surface area contributed by atoms with Crippen LogP contribution in [0.4, 0.5) is 5.82 Å². The topological polar surface area (TPSA) is 93.2 Å². The Hall–Kier alpha value is -2.97. The molecule has 3 aromatic rings. The van der Waals surface area contributed by atoms with Gasteiger partial charge in [-0.25, -0.2) is 4.98 Å². The maximum absolute atomic E-state index is 12.5. The van der Waals surface area contributed by atoms with Crippen LogP contribution < -0.4 is 5.32 Å². The van der Waals surface area contributed by atoms with Crippen molar-refractivity contribution in [1.29, 1.82) is 0 Å². The molecule has 1 N–H and O–H groups in total. The number of hydrogen-bond donors (Lipinski definition) is 1. The van der Waals surface area contributed by atoms with Gasteiger partial charge in [-0.3, -0.25) is 4.79 Å². The lowest BCUT2D eigenvalue weighted by atomic mass is 9.99. The maximum atomic E-state index is 12.5. The van der Waals surface area contributed by atoms with Gasteiger partial charge in [0, 0.05) is 44.9 Å². The Balaban J connectivity index is 1.56. The molecule has 1 aliphatic heterocycles. The number of amides is 1. The number of nitrogens with zero attached hydrogens (tertiary/aromatic N) is 7. The molecular formula is C17H22N8O. The predicted octanol–water partition coefficient (Wildman–Crippen LogP) is 1.19. The first-order valence-electron chi connectivity index (χ1n) is 8.78. The highest BCUT2D eigenvalue weighted by atomic mass is 16.2. The molecule has 1 fully saturated rings. The molecule has 0 radical (unpaired) electrons. The highest BCUT2D eigenvalue weighted by Gasteiger charge is 2.41. The fourth-order valence-corrected chi connectivity index (χ4v) is 3.66. The molecule has 9 nitrogen and oxygen atoms in total. The largest absolute Gasteiger partial charge is 0.368 e. The molecule has 26 heavy (non-hydrogen) atoms. The van der Waals surface area contributed by atoms with Gasteiger partial charge >= 0.3 is 0 Å². The number of nitrogens with one attached hydrogen (secondary N) is 1. The number of anilines is 1. The quantitative estimate of drug-likeness (QED) is 0.740. The Morgan fingerprint density at radius 3 is 2.88 bits per heavy atom. The number of aromatic nitrogens is 6. The smallest absolute Gasteiger partial charge is 0.223 e. The minimum atomic E-state index is -0.0274. The SMILES string of the molecule is CCN1C(=O)C[C@@H](CNc2ccc3nnc(C)n3n2)[C@@H]1c1nccn1C. The number of fused-ring (bicyclic) bond motifs is 1. The second-order valence-electron chi connectivity index (χ2n) is 6.60. The first kappa shape index (κ1) is 16.5. The van der Waals surface area contributed by atoms with Crippen LogP contribution in [-0.2, 0) is 11.8 Å². The zero-order chi connectivity index (χ0) is 18.3. The van der Waals surface area contributed by atoms with Gasteiger partial charge < -0.3 is 14.8 Å². The number of imidazole rings is 1. The van der Waals surface area contributed by atoms with E-state index in [0.717, 1.165) is 17.5 Å². The van der Waals surface area contributed by atoms with E-state index in [1.807, 2.05) is 48.7 Å². The van der Waals surface area contributed by atoms with Crippen molar-refractivity contribution in [1.82, 2.24) is 34.3 Å². The molecule has 136 valence electrons. The van der Waals surface area contributed by atoms with Gasteiger partial charge in [0.1, 0.15) is 11.6 Å². The zero-order valence-corrected chi connectivity index (χ0v) is 15.1. The summed E-state index contributed by atoms with van der Waals surface area (Å²) in [5, 5.41) is 16.0. The van der Waals surface area contributed by atoms with Crippen molar-refractivity contribution in [2.45, 2.75) is 26.3 Å². The Kier molecular flexibility index (Phi) is 4.06. The monoisotopic (exact) mass is 354 g/mol. The van der Waals surface area contributed by atoms with Gasteiger partial charge in [-0.1, -0.05) is 0 Å². The number of likely N-dealkylation sites (tertiary alicyclic amines) is 1. The zero-order valence-electron chi connectivity index (χ0n) is 15.1. The van der Waals surface area contributed by atoms with Gasteiger partial charge in [-0.2, -0.15) is 4.52 Å². The van der Waals surface area contributed by atoms with Gasteiger partial charge in [-0.15, -0.1) is 15.3 Å². The van der Waals surface area contributed by atoms with Crippen molar-refractivity contribution in [3.63, 3.8) is 0 Å². The van der Waals surface area contributed by atoms with Crippen molar-refractivity contribution >= 4 is 17.4 Å². The van der Waals surface area contributed by atoms with Crippen LogP contribution in [0.1, 0.15) is 31.0 Å². The van der Waals surface area contributed by atoms with Crippen LogP contribution in [-0.4, -0.2) is 53.3 Å². The number of hydrogen-bond acceptors (Lipinski definition) is 6. The molecule has 2 atom stereocenters. The van der Waals surface area contributed by atoms with Crippen LogP contribution >= 0.6 is 0 Å².